The molecule has 10 heteroatoms. The molecule has 0 saturated heterocycles. The van der Waals surface area contributed by atoms with Crippen molar-refractivity contribution in [2.24, 2.45) is 0 Å². The maximum absolute atomic E-state index is 13.4. The number of nitrogens with zero attached hydrogens (tertiary/aromatic N) is 2. The number of fused-ring (bicyclic) bond motifs is 1. The Hall–Kier alpha value is -3.20. The van der Waals surface area contributed by atoms with E-state index in [-0.39, 0.29) is 11.5 Å². The average molecular weight is 587 g/mol. The molecule has 4 rings (SSSR count). The molecular weight excluding hydrogens is 557 g/mol. The average Bonchev–Trinajstić information content (AvgIpc) is 2.93. The Morgan fingerprint density at radius 2 is 1.79 bits per heavy atom. The number of carbonyl (C=O) groups is 1. The fourth-order valence-electron chi connectivity index (χ4n) is 4.11. The summed E-state index contributed by atoms with van der Waals surface area (Å²) in [5, 5.41) is 4.89. The van der Waals surface area contributed by atoms with Crippen LogP contribution in [0, 0.1) is 0 Å². The molecule has 0 unspecified atom stereocenters. The predicted octanol–water partition coefficient (Wildman–Crippen LogP) is 6.33. The second-order valence-electron chi connectivity index (χ2n) is 8.74. The lowest BCUT2D eigenvalue weighted by atomic mass is 10.1. The smallest absolute Gasteiger partial charge is 0.266 e. The fraction of sp³-hybridized carbons (Fsp3) is 0.276. The van der Waals surface area contributed by atoms with Crippen LogP contribution >= 0.6 is 35.0 Å². The molecule has 0 aliphatic heterocycles. The monoisotopic (exact) mass is 585 g/mol. The summed E-state index contributed by atoms with van der Waals surface area (Å²) in [5.41, 5.74) is 2.01. The Kier molecular flexibility index (Phi) is 10.1. The van der Waals surface area contributed by atoms with Crippen LogP contribution in [-0.2, 0) is 11.2 Å². The SMILES string of the molecule is COc1ccc(CCNC(=O)CCCCSc2nc3ccccc3c(=O)n2-c2ccc(Cl)cc2Cl)cc1OC. The van der Waals surface area contributed by atoms with Gasteiger partial charge >= 0.3 is 0 Å². The lowest BCUT2D eigenvalue weighted by molar-refractivity contribution is -0.121. The van der Waals surface area contributed by atoms with Crippen LogP contribution in [0.5, 0.6) is 11.5 Å². The van der Waals surface area contributed by atoms with Crippen LogP contribution in [-0.4, -0.2) is 42.0 Å². The number of methoxy groups -OCH3 is 2. The van der Waals surface area contributed by atoms with Crippen molar-refractivity contribution in [1.82, 2.24) is 14.9 Å². The van der Waals surface area contributed by atoms with Gasteiger partial charge < -0.3 is 14.8 Å². The van der Waals surface area contributed by atoms with Crippen molar-refractivity contribution < 1.29 is 14.3 Å². The molecule has 4 aromatic rings. The molecule has 1 heterocycles. The van der Waals surface area contributed by atoms with E-state index in [0.29, 0.717) is 74.9 Å². The second kappa shape index (κ2) is 13.7. The van der Waals surface area contributed by atoms with Crippen LogP contribution in [0.4, 0.5) is 0 Å². The number of aromatic nitrogens is 2. The molecule has 1 N–H and O–H groups in total. The van der Waals surface area contributed by atoms with Crippen LogP contribution < -0.4 is 20.3 Å². The van der Waals surface area contributed by atoms with Gasteiger partial charge in [0.05, 0.1) is 35.8 Å². The minimum Gasteiger partial charge on any atom is -0.493 e. The summed E-state index contributed by atoms with van der Waals surface area (Å²) >= 11 is 14.0. The molecule has 0 atom stereocenters. The molecule has 0 saturated carbocycles. The van der Waals surface area contributed by atoms with Gasteiger partial charge in [0.2, 0.25) is 5.91 Å². The van der Waals surface area contributed by atoms with E-state index in [2.05, 4.69) is 5.32 Å². The summed E-state index contributed by atoms with van der Waals surface area (Å²) in [6.07, 6.45) is 2.62. The third kappa shape index (κ3) is 7.26. The third-order valence-electron chi connectivity index (χ3n) is 6.11. The van der Waals surface area contributed by atoms with E-state index in [9.17, 15) is 9.59 Å². The zero-order valence-electron chi connectivity index (χ0n) is 21.7. The van der Waals surface area contributed by atoms with Gasteiger partial charge in [-0.2, -0.15) is 0 Å². The summed E-state index contributed by atoms with van der Waals surface area (Å²) < 4.78 is 12.1. The van der Waals surface area contributed by atoms with Gasteiger partial charge in [0.1, 0.15) is 0 Å². The first kappa shape index (κ1) is 28.8. The van der Waals surface area contributed by atoms with Gasteiger partial charge in [0.25, 0.3) is 5.56 Å². The van der Waals surface area contributed by atoms with E-state index < -0.39 is 0 Å². The number of hydrogen-bond acceptors (Lipinski definition) is 6. The Bertz CT molecular complexity index is 1530. The molecule has 1 aromatic heterocycles. The lowest BCUT2D eigenvalue weighted by Crippen LogP contribution is -2.25. The number of rotatable bonds is 12. The molecule has 0 spiro atoms. The lowest BCUT2D eigenvalue weighted by Gasteiger charge is -2.14. The minimum absolute atomic E-state index is 0.00848. The largest absolute Gasteiger partial charge is 0.493 e. The summed E-state index contributed by atoms with van der Waals surface area (Å²) in [5.74, 6) is 2.04. The number of benzene rings is 3. The molecule has 0 fully saturated rings. The molecule has 1 amide bonds. The summed E-state index contributed by atoms with van der Waals surface area (Å²) in [6, 6.07) is 18.0. The van der Waals surface area contributed by atoms with Gasteiger partial charge in [-0.25, -0.2) is 4.98 Å². The highest BCUT2D eigenvalue weighted by Crippen LogP contribution is 2.29. The Balaban J connectivity index is 1.32. The van der Waals surface area contributed by atoms with Crippen molar-refractivity contribution in [3.63, 3.8) is 0 Å². The summed E-state index contributed by atoms with van der Waals surface area (Å²) in [4.78, 5) is 30.5. The second-order valence-corrected chi connectivity index (χ2v) is 10.6. The molecule has 204 valence electrons. The molecule has 39 heavy (non-hydrogen) atoms. The Morgan fingerprint density at radius 3 is 2.56 bits per heavy atom. The number of amides is 1. The maximum Gasteiger partial charge on any atom is 0.266 e. The van der Waals surface area contributed by atoms with E-state index in [1.807, 2.05) is 36.4 Å². The molecule has 0 bridgehead atoms. The number of thioether (sulfide) groups is 1. The maximum atomic E-state index is 13.4. The standard InChI is InChI=1S/C29H29Cl2N3O4S/c1-37-25-13-10-19(17-26(25)38-2)14-15-32-27(35)9-5-6-16-39-29-33-23-8-4-3-7-21(23)28(36)34(29)24-12-11-20(30)18-22(24)31/h3-4,7-8,10-13,17-18H,5-6,9,14-16H2,1-2H3,(H,32,35). The van der Waals surface area contributed by atoms with Crippen LogP contribution in [0.1, 0.15) is 24.8 Å². The van der Waals surface area contributed by atoms with Gasteiger partial charge in [-0.15, -0.1) is 0 Å². The molecule has 0 aliphatic carbocycles. The number of hydrogen-bond donors (Lipinski definition) is 1. The highest BCUT2D eigenvalue weighted by molar-refractivity contribution is 7.99. The Labute approximate surface area is 241 Å². The van der Waals surface area contributed by atoms with Crippen LogP contribution in [0.2, 0.25) is 10.0 Å². The number of ether oxygens (including phenoxy) is 2. The van der Waals surface area contributed by atoms with Gasteiger partial charge in [0.15, 0.2) is 16.7 Å². The molecular formula is C29H29Cl2N3O4S. The van der Waals surface area contributed by atoms with E-state index in [4.69, 9.17) is 37.7 Å². The van der Waals surface area contributed by atoms with Gasteiger partial charge in [-0.05, 0) is 67.3 Å². The molecule has 3 aromatic carbocycles. The van der Waals surface area contributed by atoms with Crippen LogP contribution in [0.3, 0.4) is 0 Å². The van der Waals surface area contributed by atoms with Crippen molar-refractivity contribution in [3.8, 4) is 17.2 Å². The first-order chi connectivity index (χ1) is 18.9. The number of unbranched alkanes of at least 4 members (excludes halogenated alkanes) is 1. The third-order valence-corrected chi connectivity index (χ3v) is 7.67. The van der Waals surface area contributed by atoms with Gasteiger partial charge in [-0.1, -0.05) is 53.2 Å². The van der Waals surface area contributed by atoms with Crippen molar-refractivity contribution in [3.05, 3.63) is 86.6 Å². The van der Waals surface area contributed by atoms with Gasteiger partial charge in [-0.3, -0.25) is 14.2 Å². The number of para-hydroxylation sites is 1. The minimum atomic E-state index is -0.193. The number of carbonyl (C=O) groups excluding carboxylic acids is 1. The van der Waals surface area contributed by atoms with E-state index in [1.54, 1.807) is 38.5 Å². The number of nitrogens with one attached hydrogen (secondary N) is 1. The number of halogens is 2. The normalized spacial score (nSPS) is 11.0. The van der Waals surface area contributed by atoms with Crippen molar-refractivity contribution in [2.75, 3.05) is 26.5 Å². The quantitative estimate of drug-likeness (QED) is 0.119. The summed E-state index contributed by atoms with van der Waals surface area (Å²) in [7, 11) is 3.20. The zero-order chi connectivity index (χ0) is 27.8. The van der Waals surface area contributed by atoms with Crippen molar-refractivity contribution in [2.45, 2.75) is 30.8 Å². The summed E-state index contributed by atoms with van der Waals surface area (Å²) in [6.45, 7) is 0.540. The highest BCUT2D eigenvalue weighted by atomic mass is 35.5. The molecule has 0 radical (unpaired) electrons. The first-order valence-corrected chi connectivity index (χ1v) is 14.2. The van der Waals surface area contributed by atoms with E-state index in [0.717, 1.165) is 12.0 Å². The first-order valence-electron chi connectivity index (χ1n) is 12.5. The molecule has 0 aliphatic rings. The van der Waals surface area contributed by atoms with Gasteiger partial charge in [0, 0.05) is 23.7 Å². The molecule has 7 nitrogen and oxygen atoms in total. The topological polar surface area (TPSA) is 82.5 Å². The predicted molar refractivity (Wildman–Crippen MR) is 158 cm³/mol. The Morgan fingerprint density at radius 1 is 1.00 bits per heavy atom. The van der Waals surface area contributed by atoms with Crippen LogP contribution in [0.15, 0.2) is 70.6 Å². The zero-order valence-corrected chi connectivity index (χ0v) is 24.0. The van der Waals surface area contributed by atoms with Crippen LogP contribution in [0.25, 0.3) is 16.6 Å². The van der Waals surface area contributed by atoms with E-state index in [1.165, 1.54) is 16.3 Å². The fourth-order valence-corrected chi connectivity index (χ4v) is 5.60. The van der Waals surface area contributed by atoms with E-state index >= 15 is 0 Å². The highest BCUT2D eigenvalue weighted by Gasteiger charge is 2.16. The van der Waals surface area contributed by atoms with Crippen molar-refractivity contribution >= 4 is 51.8 Å². The van der Waals surface area contributed by atoms with Crippen molar-refractivity contribution in [1.29, 1.82) is 0 Å².